The van der Waals surface area contributed by atoms with Gasteiger partial charge in [-0.05, 0) is 44.8 Å². The van der Waals surface area contributed by atoms with Crippen LogP contribution in [0.15, 0.2) is 22.3 Å². The van der Waals surface area contributed by atoms with Gasteiger partial charge < -0.3 is 0 Å². The predicted molar refractivity (Wildman–Crippen MR) is 45.9 cm³/mol. The van der Waals surface area contributed by atoms with Gasteiger partial charge in [0.1, 0.15) is 0 Å². The predicted octanol–water partition coefficient (Wildman–Crippen LogP) is 3.30. The second kappa shape index (κ2) is 5.46. The van der Waals surface area contributed by atoms with E-state index in [0.717, 1.165) is 0 Å². The van der Waals surface area contributed by atoms with E-state index in [4.69, 9.17) is 0 Å². The number of hydrogen-bond donors (Lipinski definition) is 0. The summed E-state index contributed by atoms with van der Waals surface area (Å²) in [4.78, 5) is 0. The van der Waals surface area contributed by atoms with E-state index in [0.29, 0.717) is 5.92 Å². The summed E-state index contributed by atoms with van der Waals surface area (Å²) in [6.45, 7) is 11.2. The quantitative estimate of drug-likeness (QED) is 0.593. The molecule has 0 aromatic carbocycles. The van der Waals surface area contributed by atoms with E-state index in [2.05, 4.69) is 34.6 Å². The van der Waals surface area contributed by atoms with Crippen LogP contribution >= 0.6 is 0 Å². The zero-order valence-corrected chi connectivity index (χ0v) is 11.5. The summed E-state index contributed by atoms with van der Waals surface area (Å²) >= 11 is 0. The maximum atomic E-state index is 2.28. The fourth-order valence-electron chi connectivity index (χ4n) is 1.57. The summed E-state index contributed by atoms with van der Waals surface area (Å²) in [5.74, 6) is 0.694. The topological polar surface area (TPSA) is 0 Å². The fourth-order valence-corrected chi connectivity index (χ4v) is 1.57. The van der Waals surface area contributed by atoms with Crippen LogP contribution in [-0.4, -0.2) is 0 Å². The molecule has 0 amide bonds. The van der Waals surface area contributed by atoms with Gasteiger partial charge in [0.15, 0.2) is 0 Å². The third-order valence-corrected chi connectivity index (χ3v) is 3.04. The van der Waals surface area contributed by atoms with E-state index >= 15 is 0 Å². The Hall–Kier alpha value is 0.727. The largest absolute Gasteiger partial charge is 0.0632 e. The minimum Gasteiger partial charge on any atom is -0.0632 e. The third kappa shape index (κ3) is 2.36. The van der Waals surface area contributed by atoms with Crippen molar-refractivity contribution in [3.8, 4) is 0 Å². The van der Waals surface area contributed by atoms with Gasteiger partial charge in [-0.15, -0.1) is 0 Å². The van der Waals surface area contributed by atoms with Crippen molar-refractivity contribution in [2.45, 2.75) is 34.6 Å². The van der Waals surface area contributed by atoms with Gasteiger partial charge in [-0.2, -0.15) is 0 Å². The molecule has 0 saturated carbocycles. The fraction of sp³-hybridized carbons (Fsp3) is 0.600. The molecule has 0 N–H and O–H groups in total. The van der Waals surface area contributed by atoms with Crippen molar-refractivity contribution in [2.75, 3.05) is 0 Å². The van der Waals surface area contributed by atoms with Crippen LogP contribution in [-0.2, 0) is 39.0 Å². The molecular formula is C10H16Rh2. The number of allylic oxidation sites excluding steroid dienone is 4. The molecule has 1 aliphatic rings. The van der Waals surface area contributed by atoms with Crippen molar-refractivity contribution < 1.29 is 39.0 Å². The first-order valence-electron chi connectivity index (χ1n) is 3.90. The molecule has 2 radical (unpaired) electrons. The number of rotatable bonds is 0. The van der Waals surface area contributed by atoms with E-state index < -0.39 is 0 Å². The van der Waals surface area contributed by atoms with E-state index in [9.17, 15) is 0 Å². The van der Waals surface area contributed by atoms with E-state index in [1.807, 2.05) is 0 Å². The SMILES string of the molecule is CC1=C(C)C(C)C(C)=C1C.[Rh].[Rh]. The summed E-state index contributed by atoms with van der Waals surface area (Å²) in [6.07, 6.45) is 0. The Morgan fingerprint density at radius 2 is 1.00 bits per heavy atom. The minimum absolute atomic E-state index is 0. The Kier molecular flexibility index (Phi) is 6.91. The van der Waals surface area contributed by atoms with Crippen LogP contribution in [0, 0.1) is 5.92 Å². The van der Waals surface area contributed by atoms with Gasteiger partial charge in [-0.3, -0.25) is 0 Å². The smallest absolute Gasteiger partial charge is 0 e. The summed E-state index contributed by atoms with van der Waals surface area (Å²) in [7, 11) is 0. The van der Waals surface area contributed by atoms with Crippen LogP contribution in [0.5, 0.6) is 0 Å². The first-order chi connectivity index (χ1) is 4.55. The molecule has 1 aliphatic carbocycles. The molecule has 0 saturated heterocycles. The van der Waals surface area contributed by atoms with Crippen molar-refractivity contribution in [3.05, 3.63) is 22.3 Å². The van der Waals surface area contributed by atoms with E-state index in [1.165, 1.54) is 11.1 Å². The molecule has 0 spiro atoms. The van der Waals surface area contributed by atoms with Gasteiger partial charge in [0, 0.05) is 39.0 Å². The van der Waals surface area contributed by atoms with Crippen LogP contribution in [0.25, 0.3) is 0 Å². The standard InChI is InChI=1S/C10H16.2Rh/c1-6-7(2)9(4)10(5)8(6)3;;/h6H,1-5H3;;. The molecule has 1 rings (SSSR count). The molecule has 0 aliphatic heterocycles. The Balaban J connectivity index is 0. The van der Waals surface area contributed by atoms with Crippen molar-refractivity contribution in [1.82, 2.24) is 0 Å². The van der Waals surface area contributed by atoms with Crippen molar-refractivity contribution in [2.24, 2.45) is 5.92 Å². The maximum absolute atomic E-state index is 2.28. The van der Waals surface area contributed by atoms with Crippen LogP contribution in [0.3, 0.4) is 0 Å². The monoisotopic (exact) mass is 342 g/mol. The summed E-state index contributed by atoms with van der Waals surface area (Å²) in [5.41, 5.74) is 6.11. The Morgan fingerprint density at radius 3 is 1.08 bits per heavy atom. The zero-order valence-electron chi connectivity index (χ0n) is 8.24. The van der Waals surface area contributed by atoms with E-state index in [1.54, 1.807) is 11.1 Å². The number of hydrogen-bond acceptors (Lipinski definition) is 0. The Morgan fingerprint density at radius 1 is 0.750 bits per heavy atom. The van der Waals surface area contributed by atoms with Gasteiger partial charge in [-0.1, -0.05) is 18.1 Å². The molecular weight excluding hydrogens is 326 g/mol. The summed E-state index contributed by atoms with van der Waals surface area (Å²) < 4.78 is 0. The third-order valence-electron chi connectivity index (χ3n) is 3.04. The van der Waals surface area contributed by atoms with Crippen molar-refractivity contribution >= 4 is 0 Å². The van der Waals surface area contributed by atoms with Gasteiger partial charge in [-0.25, -0.2) is 0 Å². The van der Waals surface area contributed by atoms with Crippen molar-refractivity contribution in [1.29, 1.82) is 0 Å². The Bertz CT molecular complexity index is 200. The van der Waals surface area contributed by atoms with Crippen LogP contribution in [0.1, 0.15) is 34.6 Å². The van der Waals surface area contributed by atoms with Crippen LogP contribution in [0.4, 0.5) is 0 Å². The van der Waals surface area contributed by atoms with Gasteiger partial charge in [0.25, 0.3) is 0 Å². The molecule has 0 aromatic heterocycles. The average molecular weight is 342 g/mol. The molecule has 0 nitrogen and oxygen atoms in total. The normalized spacial score (nSPS) is 17.8. The molecule has 0 heterocycles. The zero-order chi connectivity index (χ0) is 7.89. The summed E-state index contributed by atoms with van der Waals surface area (Å²) in [5, 5.41) is 0. The molecule has 0 unspecified atom stereocenters. The first-order valence-corrected chi connectivity index (χ1v) is 3.90. The second-order valence-corrected chi connectivity index (χ2v) is 3.34. The van der Waals surface area contributed by atoms with E-state index in [-0.39, 0.29) is 39.0 Å². The van der Waals surface area contributed by atoms with Crippen molar-refractivity contribution in [3.63, 3.8) is 0 Å². The Labute approximate surface area is 101 Å². The molecule has 0 bridgehead atoms. The molecule has 2 heteroatoms. The van der Waals surface area contributed by atoms with Crippen LogP contribution in [0.2, 0.25) is 0 Å². The molecule has 74 valence electrons. The minimum atomic E-state index is 0. The second-order valence-electron chi connectivity index (χ2n) is 3.34. The summed E-state index contributed by atoms with van der Waals surface area (Å²) in [6, 6.07) is 0. The van der Waals surface area contributed by atoms with Gasteiger partial charge in [0.05, 0.1) is 0 Å². The van der Waals surface area contributed by atoms with Crippen LogP contribution < -0.4 is 0 Å². The molecule has 0 aromatic rings. The molecule has 12 heavy (non-hydrogen) atoms. The molecule has 0 fully saturated rings. The molecule has 0 atom stereocenters. The van der Waals surface area contributed by atoms with Gasteiger partial charge >= 0.3 is 0 Å². The average Bonchev–Trinajstić information content (AvgIpc) is 2.07. The van der Waals surface area contributed by atoms with Gasteiger partial charge in [0.2, 0.25) is 0 Å². The maximum Gasteiger partial charge on any atom is 0 e. The first kappa shape index (κ1) is 15.2.